The predicted molar refractivity (Wildman–Crippen MR) is 66.3 cm³/mol. The van der Waals surface area contributed by atoms with Gasteiger partial charge in [0.05, 0.1) is 0 Å². The Hall–Kier alpha value is -1.99. The second kappa shape index (κ2) is 5.33. The molecule has 2 rings (SSSR count). The van der Waals surface area contributed by atoms with E-state index in [4.69, 9.17) is 0 Å². The molecule has 100 valence electrons. The molecule has 7 heteroatoms. The van der Waals surface area contributed by atoms with E-state index < -0.39 is 20.9 Å². The van der Waals surface area contributed by atoms with Gasteiger partial charge in [-0.1, -0.05) is 12.1 Å². The largest absolute Gasteiger partial charge is 0.508 e. The summed E-state index contributed by atoms with van der Waals surface area (Å²) in [5.74, 6) is -0.883. The van der Waals surface area contributed by atoms with Crippen molar-refractivity contribution in [1.82, 2.24) is 9.71 Å². The first kappa shape index (κ1) is 13.4. The summed E-state index contributed by atoms with van der Waals surface area (Å²) in [5, 5.41) is 8.61. The number of benzene rings is 1. The third-order valence-corrected chi connectivity index (χ3v) is 3.69. The second-order valence-corrected chi connectivity index (χ2v) is 5.47. The van der Waals surface area contributed by atoms with E-state index in [2.05, 4.69) is 9.71 Å². The summed E-state index contributed by atoms with van der Waals surface area (Å²) in [7, 11) is -4.02. The molecule has 0 aliphatic carbocycles. The van der Waals surface area contributed by atoms with Gasteiger partial charge in [0.2, 0.25) is 5.03 Å². The molecule has 5 nitrogen and oxygen atoms in total. The van der Waals surface area contributed by atoms with Crippen LogP contribution in [-0.4, -0.2) is 18.5 Å². The highest BCUT2D eigenvalue weighted by Crippen LogP contribution is 2.13. The minimum atomic E-state index is -4.02. The summed E-state index contributed by atoms with van der Waals surface area (Å²) in [5.41, 5.74) is 0.555. The molecule has 0 amide bonds. The Kier molecular flexibility index (Phi) is 3.77. The molecule has 1 aromatic carbocycles. The molecule has 0 fully saturated rings. The van der Waals surface area contributed by atoms with E-state index in [1.807, 2.05) is 0 Å². The van der Waals surface area contributed by atoms with Gasteiger partial charge in [0.1, 0.15) is 5.75 Å². The van der Waals surface area contributed by atoms with E-state index in [0.717, 1.165) is 6.07 Å². The topological polar surface area (TPSA) is 79.3 Å². The maximum absolute atomic E-state index is 13.4. The molecule has 19 heavy (non-hydrogen) atoms. The van der Waals surface area contributed by atoms with Crippen LogP contribution in [0.1, 0.15) is 5.56 Å². The van der Waals surface area contributed by atoms with Crippen molar-refractivity contribution in [1.29, 1.82) is 0 Å². The number of sulfonamides is 1. The highest BCUT2D eigenvalue weighted by atomic mass is 32.2. The van der Waals surface area contributed by atoms with Crippen LogP contribution in [0.15, 0.2) is 47.6 Å². The van der Waals surface area contributed by atoms with Crippen molar-refractivity contribution in [3.05, 3.63) is 54.0 Å². The van der Waals surface area contributed by atoms with Crippen LogP contribution < -0.4 is 4.72 Å². The van der Waals surface area contributed by atoms with E-state index in [9.17, 15) is 17.9 Å². The molecular weight excluding hydrogens is 271 g/mol. The van der Waals surface area contributed by atoms with Gasteiger partial charge in [0.15, 0.2) is 5.82 Å². The summed E-state index contributed by atoms with van der Waals surface area (Å²) in [6, 6.07) is 8.44. The number of pyridine rings is 1. The molecule has 0 unspecified atom stereocenters. The summed E-state index contributed by atoms with van der Waals surface area (Å²) >= 11 is 0. The molecule has 0 atom stereocenters. The first-order valence-electron chi connectivity index (χ1n) is 5.37. The summed E-state index contributed by atoms with van der Waals surface area (Å²) in [6.45, 7) is -0.0628. The van der Waals surface area contributed by atoms with Crippen LogP contribution in [0.5, 0.6) is 5.75 Å². The van der Waals surface area contributed by atoms with Crippen molar-refractivity contribution in [3.63, 3.8) is 0 Å². The molecule has 1 aromatic heterocycles. The van der Waals surface area contributed by atoms with Crippen LogP contribution in [0.25, 0.3) is 0 Å². The van der Waals surface area contributed by atoms with Gasteiger partial charge in [0.25, 0.3) is 10.0 Å². The molecule has 2 aromatic rings. The Morgan fingerprint density at radius 3 is 2.74 bits per heavy atom. The van der Waals surface area contributed by atoms with Gasteiger partial charge in [-0.05, 0) is 29.8 Å². The quantitative estimate of drug-likeness (QED) is 0.888. The normalized spacial score (nSPS) is 11.4. The number of phenolic OH excluding ortho intramolecular Hbond substituents is 1. The third-order valence-electron chi connectivity index (χ3n) is 2.36. The zero-order valence-corrected chi connectivity index (χ0v) is 10.6. The van der Waals surface area contributed by atoms with E-state index >= 15 is 0 Å². The third kappa shape index (κ3) is 3.27. The summed E-state index contributed by atoms with van der Waals surface area (Å²) in [6.07, 6.45) is 1.20. The molecule has 0 saturated carbocycles. The van der Waals surface area contributed by atoms with Crippen LogP contribution in [0.4, 0.5) is 4.39 Å². The van der Waals surface area contributed by atoms with Crippen LogP contribution in [-0.2, 0) is 16.6 Å². The fourth-order valence-corrected chi connectivity index (χ4v) is 2.50. The van der Waals surface area contributed by atoms with E-state index in [1.165, 1.54) is 24.4 Å². The lowest BCUT2D eigenvalue weighted by Gasteiger charge is -2.07. The first-order chi connectivity index (χ1) is 8.99. The zero-order valence-electron chi connectivity index (χ0n) is 9.75. The van der Waals surface area contributed by atoms with Crippen molar-refractivity contribution in [2.24, 2.45) is 0 Å². The number of halogens is 1. The van der Waals surface area contributed by atoms with Crippen LogP contribution >= 0.6 is 0 Å². The molecule has 2 N–H and O–H groups in total. The Bertz CT molecular complexity index is 689. The molecule has 1 heterocycles. The Morgan fingerprint density at radius 2 is 2.05 bits per heavy atom. The van der Waals surface area contributed by atoms with E-state index in [-0.39, 0.29) is 12.3 Å². The minimum absolute atomic E-state index is 0.0284. The predicted octanol–water partition coefficient (Wildman–Crippen LogP) is 1.40. The van der Waals surface area contributed by atoms with Crippen molar-refractivity contribution < 1.29 is 17.9 Å². The highest BCUT2D eigenvalue weighted by molar-refractivity contribution is 7.89. The maximum Gasteiger partial charge on any atom is 0.261 e. The number of phenols is 1. The van der Waals surface area contributed by atoms with Gasteiger partial charge in [-0.15, -0.1) is 0 Å². The molecule has 0 bridgehead atoms. The average molecular weight is 282 g/mol. The molecular formula is C12H11FN2O3S. The first-order valence-corrected chi connectivity index (χ1v) is 6.85. The van der Waals surface area contributed by atoms with Crippen LogP contribution in [0, 0.1) is 5.82 Å². The lowest BCUT2D eigenvalue weighted by Crippen LogP contribution is -2.25. The lowest BCUT2D eigenvalue weighted by molar-refractivity contribution is 0.474. The van der Waals surface area contributed by atoms with Gasteiger partial charge in [-0.3, -0.25) is 0 Å². The van der Waals surface area contributed by atoms with E-state index in [0.29, 0.717) is 5.56 Å². The summed E-state index contributed by atoms with van der Waals surface area (Å²) < 4.78 is 39.2. The fourth-order valence-electron chi connectivity index (χ4n) is 1.48. The fraction of sp³-hybridized carbons (Fsp3) is 0.0833. The van der Waals surface area contributed by atoms with Gasteiger partial charge >= 0.3 is 0 Å². The van der Waals surface area contributed by atoms with Crippen molar-refractivity contribution in [2.45, 2.75) is 11.6 Å². The monoisotopic (exact) mass is 282 g/mol. The SMILES string of the molecule is O=S(=O)(NCc1cccc(O)c1)c1ncccc1F. The number of hydrogen-bond donors (Lipinski definition) is 2. The van der Waals surface area contributed by atoms with Crippen molar-refractivity contribution >= 4 is 10.0 Å². The highest BCUT2D eigenvalue weighted by Gasteiger charge is 2.19. The maximum atomic E-state index is 13.4. The molecule has 0 spiro atoms. The number of aromatic hydroxyl groups is 1. The number of rotatable bonds is 4. The van der Waals surface area contributed by atoms with E-state index in [1.54, 1.807) is 12.1 Å². The minimum Gasteiger partial charge on any atom is -0.508 e. The molecule has 0 aliphatic rings. The lowest BCUT2D eigenvalue weighted by atomic mass is 10.2. The number of nitrogens with zero attached hydrogens (tertiary/aromatic N) is 1. The van der Waals surface area contributed by atoms with Gasteiger partial charge < -0.3 is 5.11 Å². The van der Waals surface area contributed by atoms with Crippen molar-refractivity contribution in [2.75, 3.05) is 0 Å². The average Bonchev–Trinajstić information content (AvgIpc) is 2.37. The Labute approximate surface area is 109 Å². The number of aromatic nitrogens is 1. The van der Waals surface area contributed by atoms with Gasteiger partial charge in [-0.25, -0.2) is 22.5 Å². The van der Waals surface area contributed by atoms with Crippen molar-refractivity contribution in [3.8, 4) is 5.75 Å². The van der Waals surface area contributed by atoms with Gasteiger partial charge in [0, 0.05) is 12.7 Å². The molecule has 0 radical (unpaired) electrons. The van der Waals surface area contributed by atoms with Crippen LogP contribution in [0.2, 0.25) is 0 Å². The Balaban J connectivity index is 2.17. The number of nitrogens with one attached hydrogen (secondary N) is 1. The molecule has 0 saturated heterocycles. The van der Waals surface area contributed by atoms with Crippen LogP contribution in [0.3, 0.4) is 0 Å². The standard InChI is InChI=1S/C12H11FN2O3S/c13-11-5-2-6-14-12(11)19(17,18)15-8-9-3-1-4-10(16)7-9/h1-7,15-16H,8H2. The Morgan fingerprint density at radius 1 is 1.26 bits per heavy atom. The smallest absolute Gasteiger partial charge is 0.261 e. The summed E-state index contributed by atoms with van der Waals surface area (Å²) in [4.78, 5) is 3.50. The van der Waals surface area contributed by atoms with Gasteiger partial charge in [-0.2, -0.15) is 0 Å². The molecule has 0 aliphatic heterocycles. The zero-order chi connectivity index (χ0) is 13.9. The number of hydrogen-bond acceptors (Lipinski definition) is 4. The second-order valence-electron chi connectivity index (χ2n) is 3.78.